The van der Waals surface area contributed by atoms with Gasteiger partial charge in [0, 0.05) is 25.2 Å². The first-order valence-corrected chi connectivity index (χ1v) is 6.97. The number of fused-ring (bicyclic) bond motifs is 1. The fourth-order valence-electron chi connectivity index (χ4n) is 3.19. The highest BCUT2D eigenvalue weighted by Crippen LogP contribution is 2.39. The van der Waals surface area contributed by atoms with Gasteiger partial charge >= 0.3 is 6.18 Å². The van der Waals surface area contributed by atoms with E-state index in [-0.39, 0.29) is 6.04 Å². The van der Waals surface area contributed by atoms with Gasteiger partial charge < -0.3 is 5.32 Å². The van der Waals surface area contributed by atoms with Crippen LogP contribution in [0.1, 0.15) is 19.0 Å². The van der Waals surface area contributed by atoms with Crippen LogP contribution in [0.3, 0.4) is 0 Å². The van der Waals surface area contributed by atoms with E-state index in [4.69, 9.17) is 0 Å². The highest BCUT2D eigenvalue weighted by Gasteiger charge is 2.59. The molecule has 3 heterocycles. The summed E-state index contributed by atoms with van der Waals surface area (Å²) in [4.78, 5) is 17.0. The van der Waals surface area contributed by atoms with Crippen LogP contribution in [0.4, 0.5) is 13.2 Å². The molecule has 0 bridgehead atoms. The van der Waals surface area contributed by atoms with E-state index in [9.17, 15) is 18.0 Å². The van der Waals surface area contributed by atoms with Crippen LogP contribution >= 0.6 is 0 Å². The lowest BCUT2D eigenvalue weighted by Gasteiger charge is -2.38. The number of halogens is 3. The quantitative estimate of drug-likeness (QED) is 0.899. The second-order valence-corrected chi connectivity index (χ2v) is 5.47. The molecule has 1 amide bonds. The van der Waals surface area contributed by atoms with Crippen LogP contribution < -0.4 is 5.32 Å². The van der Waals surface area contributed by atoms with E-state index in [0.717, 1.165) is 0 Å². The molecule has 3 rings (SSSR count). The molecule has 1 aromatic heterocycles. The Labute approximate surface area is 125 Å². The van der Waals surface area contributed by atoms with E-state index in [1.54, 1.807) is 25.1 Å². The molecule has 0 spiro atoms. The molecule has 0 radical (unpaired) electrons. The number of nitrogens with zero attached hydrogens (tertiary/aromatic N) is 3. The van der Waals surface area contributed by atoms with Crippen molar-refractivity contribution in [2.75, 3.05) is 13.1 Å². The highest BCUT2D eigenvalue weighted by molar-refractivity contribution is 6.18. The first-order chi connectivity index (χ1) is 10.4. The van der Waals surface area contributed by atoms with E-state index in [1.165, 1.54) is 6.20 Å². The van der Waals surface area contributed by atoms with E-state index in [1.807, 2.05) is 0 Å². The Balaban J connectivity index is 2.08. The SMILES string of the molecule is CC1NCCC2=NN(CC(F)(F)F)C(=O)C21c1ccccn1. The van der Waals surface area contributed by atoms with Crippen LogP contribution in [0.2, 0.25) is 0 Å². The maximum Gasteiger partial charge on any atom is 0.408 e. The number of rotatable bonds is 2. The largest absolute Gasteiger partial charge is 0.408 e. The Morgan fingerprint density at radius 2 is 2.23 bits per heavy atom. The topological polar surface area (TPSA) is 57.6 Å². The molecule has 1 saturated heterocycles. The molecule has 1 aromatic rings. The van der Waals surface area contributed by atoms with Gasteiger partial charge in [0.1, 0.15) is 12.0 Å². The van der Waals surface area contributed by atoms with Crippen LogP contribution in [0.15, 0.2) is 29.5 Å². The zero-order valence-corrected chi connectivity index (χ0v) is 11.9. The second kappa shape index (κ2) is 5.05. The summed E-state index contributed by atoms with van der Waals surface area (Å²) in [6, 6.07) is 4.70. The third-order valence-electron chi connectivity index (χ3n) is 4.13. The molecule has 118 valence electrons. The van der Waals surface area contributed by atoms with Gasteiger partial charge in [0.25, 0.3) is 5.91 Å². The Morgan fingerprint density at radius 3 is 2.86 bits per heavy atom. The van der Waals surface area contributed by atoms with Gasteiger partial charge in [-0.15, -0.1) is 0 Å². The Bertz CT molecular complexity index is 616. The van der Waals surface area contributed by atoms with E-state index >= 15 is 0 Å². The number of amides is 1. The first-order valence-electron chi connectivity index (χ1n) is 6.97. The molecule has 0 saturated carbocycles. The van der Waals surface area contributed by atoms with E-state index in [0.29, 0.717) is 29.4 Å². The molecule has 2 aliphatic rings. The number of hydrazone groups is 1. The van der Waals surface area contributed by atoms with Gasteiger partial charge in [0.2, 0.25) is 0 Å². The van der Waals surface area contributed by atoms with Crippen LogP contribution in [0, 0.1) is 0 Å². The molecule has 2 atom stereocenters. The van der Waals surface area contributed by atoms with Gasteiger partial charge in [-0.25, -0.2) is 5.01 Å². The monoisotopic (exact) mass is 312 g/mol. The number of carbonyl (C=O) groups is 1. The zero-order valence-electron chi connectivity index (χ0n) is 11.9. The van der Waals surface area contributed by atoms with Crippen LogP contribution in [0.5, 0.6) is 0 Å². The van der Waals surface area contributed by atoms with Gasteiger partial charge in [-0.1, -0.05) is 6.07 Å². The van der Waals surface area contributed by atoms with Crippen LogP contribution in [0.25, 0.3) is 0 Å². The lowest BCUT2D eigenvalue weighted by atomic mass is 9.70. The van der Waals surface area contributed by atoms with Gasteiger partial charge in [0.05, 0.1) is 11.4 Å². The van der Waals surface area contributed by atoms with Crippen molar-refractivity contribution in [1.29, 1.82) is 0 Å². The molecule has 1 fully saturated rings. The number of hydrogen-bond acceptors (Lipinski definition) is 4. The van der Waals surface area contributed by atoms with Gasteiger partial charge in [-0.3, -0.25) is 9.78 Å². The van der Waals surface area contributed by atoms with Crippen molar-refractivity contribution < 1.29 is 18.0 Å². The molecule has 2 unspecified atom stereocenters. The highest BCUT2D eigenvalue weighted by atomic mass is 19.4. The Morgan fingerprint density at radius 1 is 1.45 bits per heavy atom. The average Bonchev–Trinajstić information content (AvgIpc) is 2.73. The first kappa shape index (κ1) is 15.0. The summed E-state index contributed by atoms with van der Waals surface area (Å²) in [5, 5.41) is 7.67. The number of aromatic nitrogens is 1. The number of piperidine rings is 1. The molecular weight excluding hydrogens is 297 g/mol. The maximum atomic E-state index is 12.8. The maximum absolute atomic E-state index is 12.8. The molecule has 2 aliphatic heterocycles. The van der Waals surface area contributed by atoms with Crippen molar-refractivity contribution in [3.05, 3.63) is 30.1 Å². The van der Waals surface area contributed by atoms with Gasteiger partial charge in [0.15, 0.2) is 0 Å². The number of pyridine rings is 1. The summed E-state index contributed by atoms with van der Waals surface area (Å²) < 4.78 is 38.1. The van der Waals surface area contributed by atoms with Crippen LogP contribution in [-0.2, 0) is 10.2 Å². The number of nitrogens with one attached hydrogen (secondary N) is 1. The molecule has 8 heteroatoms. The summed E-state index contributed by atoms with van der Waals surface area (Å²) in [7, 11) is 0. The van der Waals surface area contributed by atoms with Gasteiger partial charge in [-0.05, 0) is 19.1 Å². The summed E-state index contributed by atoms with van der Waals surface area (Å²) in [5.41, 5.74) is -0.361. The summed E-state index contributed by atoms with van der Waals surface area (Å²) in [6.07, 6.45) is -2.54. The Kier molecular flexibility index (Phi) is 3.43. The third-order valence-corrected chi connectivity index (χ3v) is 4.13. The molecular formula is C14H15F3N4O. The van der Waals surface area contributed by atoms with Crippen molar-refractivity contribution in [2.45, 2.75) is 31.0 Å². The summed E-state index contributed by atoms with van der Waals surface area (Å²) in [6.45, 7) is 0.969. The minimum atomic E-state index is -4.49. The fraction of sp³-hybridized carbons (Fsp3) is 0.500. The predicted molar refractivity (Wildman–Crippen MR) is 73.2 cm³/mol. The summed E-state index contributed by atoms with van der Waals surface area (Å²) >= 11 is 0. The summed E-state index contributed by atoms with van der Waals surface area (Å²) in [5.74, 6) is -0.668. The normalized spacial score (nSPS) is 28.5. The standard InChI is InChI=1S/C14H15F3N4O/c1-9-14(10-4-2-3-6-19-10)11(5-7-18-9)20-21(12(14)22)8-13(15,16)17/h2-4,6,9,18H,5,7-8H2,1H3. The zero-order chi connectivity index (χ0) is 16.0. The predicted octanol–water partition coefficient (Wildman–Crippen LogP) is 1.46. The van der Waals surface area contributed by atoms with Crippen molar-refractivity contribution in [3.8, 4) is 0 Å². The lowest BCUT2D eigenvalue weighted by Crippen LogP contribution is -2.61. The van der Waals surface area contributed by atoms with Crippen molar-refractivity contribution in [2.24, 2.45) is 5.10 Å². The molecule has 0 aromatic carbocycles. The lowest BCUT2D eigenvalue weighted by molar-refractivity contribution is -0.161. The minimum Gasteiger partial charge on any atom is -0.312 e. The van der Waals surface area contributed by atoms with Crippen molar-refractivity contribution in [3.63, 3.8) is 0 Å². The Hall–Kier alpha value is -1.96. The minimum absolute atomic E-state index is 0.374. The number of carbonyl (C=O) groups excluding carboxylic acids is 1. The molecule has 5 nitrogen and oxygen atoms in total. The molecule has 22 heavy (non-hydrogen) atoms. The van der Waals surface area contributed by atoms with Crippen molar-refractivity contribution in [1.82, 2.24) is 15.3 Å². The number of alkyl halides is 3. The second-order valence-electron chi connectivity index (χ2n) is 5.47. The molecule has 1 N–H and O–H groups in total. The average molecular weight is 312 g/mol. The van der Waals surface area contributed by atoms with Gasteiger partial charge in [-0.2, -0.15) is 18.3 Å². The molecule has 0 aliphatic carbocycles. The smallest absolute Gasteiger partial charge is 0.312 e. The van der Waals surface area contributed by atoms with E-state index < -0.39 is 24.0 Å². The fourth-order valence-corrected chi connectivity index (χ4v) is 3.19. The van der Waals surface area contributed by atoms with Crippen molar-refractivity contribution >= 4 is 11.6 Å². The number of hydrogen-bond donors (Lipinski definition) is 1. The van der Waals surface area contributed by atoms with E-state index in [2.05, 4.69) is 15.4 Å². The third kappa shape index (κ3) is 2.18. The van der Waals surface area contributed by atoms with Crippen LogP contribution in [-0.4, -0.2) is 46.9 Å².